The molecule has 1 aliphatic rings. The Hall–Kier alpha value is -1.86. The van der Waals surface area contributed by atoms with E-state index in [2.05, 4.69) is 5.32 Å². The minimum Gasteiger partial charge on any atom is -0.391 e. The smallest absolute Gasteiger partial charge is 0.242 e. The van der Waals surface area contributed by atoms with Crippen molar-refractivity contribution in [2.45, 2.75) is 50.2 Å². The van der Waals surface area contributed by atoms with E-state index in [9.17, 15) is 15.2 Å². The first-order chi connectivity index (χ1) is 9.72. The van der Waals surface area contributed by atoms with E-state index in [0.717, 1.165) is 25.7 Å². The number of nitrogens with zero attached hydrogens (tertiary/aromatic N) is 1. The van der Waals surface area contributed by atoms with Crippen LogP contribution in [0.2, 0.25) is 0 Å². The van der Waals surface area contributed by atoms with Gasteiger partial charge >= 0.3 is 0 Å². The number of hydrogen-bond acceptors (Lipinski definition) is 3. The van der Waals surface area contributed by atoms with Crippen molar-refractivity contribution in [3.8, 4) is 6.07 Å². The average Bonchev–Trinajstić information content (AvgIpc) is 2.66. The van der Waals surface area contributed by atoms with Crippen LogP contribution in [0.1, 0.15) is 43.6 Å². The number of rotatable bonds is 3. The summed E-state index contributed by atoms with van der Waals surface area (Å²) in [7, 11) is 0. The third kappa shape index (κ3) is 3.58. The van der Waals surface area contributed by atoms with Gasteiger partial charge in [-0.3, -0.25) is 4.79 Å². The number of aliphatic hydroxyl groups excluding tert-OH is 1. The first-order valence-corrected chi connectivity index (χ1v) is 7.15. The molecule has 20 heavy (non-hydrogen) atoms. The van der Waals surface area contributed by atoms with Gasteiger partial charge in [0.15, 0.2) is 0 Å². The van der Waals surface area contributed by atoms with Crippen LogP contribution in [-0.2, 0) is 4.79 Å². The molecule has 1 saturated carbocycles. The summed E-state index contributed by atoms with van der Waals surface area (Å²) in [5, 5.41) is 22.1. The molecule has 2 N–H and O–H groups in total. The van der Waals surface area contributed by atoms with E-state index in [4.69, 9.17) is 0 Å². The van der Waals surface area contributed by atoms with E-state index in [1.54, 1.807) is 12.1 Å². The van der Waals surface area contributed by atoms with Gasteiger partial charge in [0.1, 0.15) is 5.92 Å². The van der Waals surface area contributed by atoms with Crippen LogP contribution in [0.25, 0.3) is 0 Å². The maximum absolute atomic E-state index is 12.3. The number of hydrogen-bond donors (Lipinski definition) is 2. The first-order valence-electron chi connectivity index (χ1n) is 7.15. The maximum Gasteiger partial charge on any atom is 0.242 e. The summed E-state index contributed by atoms with van der Waals surface area (Å²) in [5.41, 5.74) is 0.690. The Balaban J connectivity index is 2.04. The molecule has 0 heterocycles. The molecule has 1 amide bonds. The summed E-state index contributed by atoms with van der Waals surface area (Å²) >= 11 is 0. The van der Waals surface area contributed by atoms with Crippen molar-refractivity contribution in [3.05, 3.63) is 35.9 Å². The number of aliphatic hydroxyl groups is 1. The van der Waals surface area contributed by atoms with Crippen molar-refractivity contribution in [3.63, 3.8) is 0 Å². The molecule has 0 spiro atoms. The number of amides is 1. The van der Waals surface area contributed by atoms with Crippen molar-refractivity contribution in [2.24, 2.45) is 0 Å². The molecule has 0 saturated heterocycles. The summed E-state index contributed by atoms with van der Waals surface area (Å²) < 4.78 is 0. The Morgan fingerprint density at radius 2 is 1.95 bits per heavy atom. The number of benzene rings is 1. The van der Waals surface area contributed by atoms with Gasteiger partial charge in [-0.1, -0.05) is 49.6 Å². The molecule has 0 radical (unpaired) electrons. The van der Waals surface area contributed by atoms with Crippen LogP contribution < -0.4 is 5.32 Å². The third-order valence-electron chi connectivity index (χ3n) is 3.83. The van der Waals surface area contributed by atoms with Gasteiger partial charge < -0.3 is 10.4 Å². The molecule has 4 heteroatoms. The lowest BCUT2D eigenvalue weighted by Gasteiger charge is -2.23. The highest BCUT2D eigenvalue weighted by Crippen LogP contribution is 2.20. The van der Waals surface area contributed by atoms with Crippen LogP contribution in [0, 0.1) is 11.3 Å². The minimum absolute atomic E-state index is 0.232. The van der Waals surface area contributed by atoms with Gasteiger partial charge in [-0.15, -0.1) is 0 Å². The summed E-state index contributed by atoms with van der Waals surface area (Å²) in [6.07, 6.45) is 4.08. The van der Waals surface area contributed by atoms with Gasteiger partial charge in [-0.25, -0.2) is 0 Å². The van der Waals surface area contributed by atoms with E-state index in [1.165, 1.54) is 0 Å². The summed E-state index contributed by atoms with van der Waals surface area (Å²) in [6.45, 7) is 0. The summed E-state index contributed by atoms with van der Waals surface area (Å²) in [6, 6.07) is 10.8. The van der Waals surface area contributed by atoms with E-state index < -0.39 is 12.0 Å². The number of nitriles is 1. The predicted molar refractivity (Wildman–Crippen MR) is 75.8 cm³/mol. The fourth-order valence-electron chi connectivity index (χ4n) is 2.65. The average molecular weight is 272 g/mol. The van der Waals surface area contributed by atoms with Gasteiger partial charge in [0.25, 0.3) is 0 Å². The van der Waals surface area contributed by atoms with Crippen molar-refractivity contribution in [2.75, 3.05) is 0 Å². The standard InChI is InChI=1S/C16H20N2O2/c17-11-13(12-7-3-1-4-8-12)16(20)18-14-9-5-2-6-10-15(14)19/h1,3-4,7-8,13-15,19H,2,5-6,9-10H2,(H,18,20). The van der Waals surface area contributed by atoms with E-state index in [1.807, 2.05) is 24.3 Å². The molecule has 3 unspecified atom stereocenters. The zero-order chi connectivity index (χ0) is 14.4. The minimum atomic E-state index is -0.813. The van der Waals surface area contributed by atoms with Crippen molar-refractivity contribution >= 4 is 5.91 Å². The Morgan fingerprint density at radius 3 is 2.65 bits per heavy atom. The second kappa shape index (κ2) is 7.06. The van der Waals surface area contributed by atoms with Crippen molar-refractivity contribution < 1.29 is 9.90 Å². The summed E-state index contributed by atoms with van der Waals surface area (Å²) in [4.78, 5) is 12.3. The van der Waals surface area contributed by atoms with Crippen LogP contribution >= 0.6 is 0 Å². The zero-order valence-electron chi connectivity index (χ0n) is 11.5. The molecule has 1 fully saturated rings. The highest BCUT2D eigenvalue weighted by Gasteiger charge is 2.27. The second-order valence-electron chi connectivity index (χ2n) is 5.29. The van der Waals surface area contributed by atoms with Gasteiger partial charge in [-0.2, -0.15) is 5.26 Å². The van der Waals surface area contributed by atoms with Crippen LogP contribution in [0.4, 0.5) is 0 Å². The number of nitrogens with one attached hydrogen (secondary N) is 1. The van der Waals surface area contributed by atoms with Crippen molar-refractivity contribution in [1.29, 1.82) is 5.26 Å². The normalized spacial score (nSPS) is 24.2. The maximum atomic E-state index is 12.3. The molecule has 4 nitrogen and oxygen atoms in total. The highest BCUT2D eigenvalue weighted by atomic mass is 16.3. The highest BCUT2D eigenvalue weighted by molar-refractivity contribution is 5.86. The Kier molecular flexibility index (Phi) is 5.14. The van der Waals surface area contributed by atoms with Gasteiger partial charge in [0.05, 0.1) is 18.2 Å². The molecular formula is C16H20N2O2. The van der Waals surface area contributed by atoms with Crippen molar-refractivity contribution in [1.82, 2.24) is 5.32 Å². The third-order valence-corrected chi connectivity index (χ3v) is 3.83. The van der Waals surface area contributed by atoms with Crippen LogP contribution in [0.15, 0.2) is 30.3 Å². The molecule has 106 valence electrons. The number of carbonyl (C=O) groups excluding carboxylic acids is 1. The molecule has 0 bridgehead atoms. The predicted octanol–water partition coefficient (Wildman–Crippen LogP) is 2.10. The lowest BCUT2D eigenvalue weighted by atomic mass is 9.98. The largest absolute Gasteiger partial charge is 0.391 e. The molecular weight excluding hydrogens is 252 g/mol. The van der Waals surface area contributed by atoms with Gasteiger partial charge in [-0.05, 0) is 18.4 Å². The fraction of sp³-hybridized carbons (Fsp3) is 0.500. The first kappa shape index (κ1) is 14.5. The Bertz CT molecular complexity index is 481. The number of carbonyl (C=O) groups is 1. The van der Waals surface area contributed by atoms with Gasteiger partial charge in [0.2, 0.25) is 5.91 Å². The molecule has 1 aromatic carbocycles. The molecule has 2 rings (SSSR count). The fourth-order valence-corrected chi connectivity index (χ4v) is 2.65. The van der Waals surface area contributed by atoms with Crippen LogP contribution in [-0.4, -0.2) is 23.2 Å². The van der Waals surface area contributed by atoms with E-state index >= 15 is 0 Å². The van der Waals surface area contributed by atoms with Crippen LogP contribution in [0.3, 0.4) is 0 Å². The quantitative estimate of drug-likeness (QED) is 0.828. The molecule has 1 aliphatic carbocycles. The Labute approximate surface area is 119 Å². The van der Waals surface area contributed by atoms with E-state index in [0.29, 0.717) is 12.0 Å². The SMILES string of the molecule is N#CC(C(=O)NC1CCCCCC1O)c1ccccc1. The molecule has 0 aliphatic heterocycles. The summed E-state index contributed by atoms with van der Waals surface area (Å²) in [5.74, 6) is -1.13. The second-order valence-corrected chi connectivity index (χ2v) is 5.29. The lowest BCUT2D eigenvalue weighted by molar-refractivity contribution is -0.123. The molecule has 0 aromatic heterocycles. The molecule has 3 atom stereocenters. The molecule has 1 aromatic rings. The monoisotopic (exact) mass is 272 g/mol. The van der Waals surface area contributed by atoms with E-state index in [-0.39, 0.29) is 11.9 Å². The lowest BCUT2D eigenvalue weighted by Crippen LogP contribution is -2.44. The Morgan fingerprint density at radius 1 is 1.25 bits per heavy atom. The van der Waals surface area contributed by atoms with Crippen LogP contribution in [0.5, 0.6) is 0 Å². The topological polar surface area (TPSA) is 73.1 Å². The van der Waals surface area contributed by atoms with Gasteiger partial charge in [0, 0.05) is 0 Å². The zero-order valence-corrected chi connectivity index (χ0v) is 11.5.